The Morgan fingerprint density at radius 1 is 1.78 bits per heavy atom. The highest BCUT2D eigenvalue weighted by Crippen LogP contribution is 1.92. The van der Waals surface area contributed by atoms with Crippen LogP contribution in [0.2, 0.25) is 0 Å². The number of nitrogens with zero attached hydrogens (tertiary/aromatic N) is 1. The Balaban J connectivity index is 4.07. The largest absolute Gasteiger partial charge is 0.308 e. The van der Waals surface area contributed by atoms with Gasteiger partial charge in [0, 0.05) is 11.8 Å². The molecule has 9 heavy (non-hydrogen) atoms. The van der Waals surface area contributed by atoms with Crippen molar-refractivity contribution < 1.29 is 4.92 Å². The van der Waals surface area contributed by atoms with Gasteiger partial charge >= 0.3 is 0 Å². The predicted molar refractivity (Wildman–Crippen MR) is 33.8 cm³/mol. The van der Waals surface area contributed by atoms with E-state index in [1.165, 1.54) is 6.42 Å². The van der Waals surface area contributed by atoms with Crippen LogP contribution in [-0.2, 0) is 0 Å². The van der Waals surface area contributed by atoms with Crippen LogP contribution in [0.4, 0.5) is 0 Å². The molecule has 0 fully saturated rings. The molecule has 0 saturated carbocycles. The van der Waals surface area contributed by atoms with Crippen molar-refractivity contribution in [2.75, 3.05) is 0 Å². The molecule has 1 radical (unpaired) electrons. The second kappa shape index (κ2) is 3.77. The van der Waals surface area contributed by atoms with Crippen LogP contribution in [-0.4, -0.2) is 11.1 Å². The fourth-order valence-electron chi connectivity index (χ4n) is 0.317. The summed E-state index contributed by atoms with van der Waals surface area (Å²) in [5.41, 5.74) is 0.306. The van der Waals surface area contributed by atoms with E-state index in [9.17, 15) is 10.1 Å². The van der Waals surface area contributed by atoms with Crippen molar-refractivity contribution in [2.24, 2.45) is 0 Å². The van der Waals surface area contributed by atoms with E-state index in [-0.39, 0.29) is 0 Å². The number of hydrogen-bond donors (Lipinski definition) is 1. The summed E-state index contributed by atoms with van der Waals surface area (Å²) in [4.78, 5) is 9.15. The quantitative estimate of drug-likeness (QED) is 0.349. The maximum Gasteiger partial charge on any atom is 0.239 e. The van der Waals surface area contributed by atoms with E-state index in [1.54, 1.807) is 6.92 Å². The van der Waals surface area contributed by atoms with Crippen molar-refractivity contribution in [1.82, 2.24) is 0 Å². The lowest BCUT2D eigenvalue weighted by Gasteiger charge is -1.85. The predicted octanol–water partition coefficient (Wildman–Crippen LogP) is 1.02. The molecule has 0 atom stereocenters. The van der Waals surface area contributed by atoms with Gasteiger partial charge < -0.3 is 5.41 Å². The summed E-state index contributed by atoms with van der Waals surface area (Å²) in [5.74, 6) is 0. The molecule has 0 amide bonds. The van der Waals surface area contributed by atoms with Crippen LogP contribution in [0.5, 0.6) is 0 Å². The van der Waals surface area contributed by atoms with Gasteiger partial charge in [0.05, 0.1) is 4.92 Å². The van der Waals surface area contributed by atoms with E-state index in [2.05, 4.69) is 0 Å². The number of rotatable bonds is 3. The van der Waals surface area contributed by atoms with Crippen LogP contribution in [0.1, 0.15) is 6.92 Å². The molecule has 4 nitrogen and oxygen atoms in total. The third-order valence-electron chi connectivity index (χ3n) is 0.754. The Labute approximate surface area is 52.8 Å². The Morgan fingerprint density at radius 3 is 2.44 bits per heavy atom. The second-order valence-electron chi connectivity index (χ2n) is 1.35. The topological polar surface area (TPSA) is 67.0 Å². The zero-order valence-electron chi connectivity index (χ0n) is 5.00. The maximum atomic E-state index is 9.73. The minimum atomic E-state index is -0.583. The Kier molecular flexibility index (Phi) is 3.27. The van der Waals surface area contributed by atoms with Gasteiger partial charge in [-0.1, -0.05) is 6.92 Å². The van der Waals surface area contributed by atoms with E-state index >= 15 is 0 Å². The molecule has 0 saturated heterocycles. The molecule has 0 aromatic carbocycles. The first-order valence-corrected chi connectivity index (χ1v) is 2.36. The molecule has 0 bridgehead atoms. The minimum Gasteiger partial charge on any atom is -0.308 e. The van der Waals surface area contributed by atoms with Crippen LogP contribution >= 0.6 is 0 Å². The molecule has 0 aliphatic heterocycles. The lowest BCUT2D eigenvalue weighted by atomic mass is 10.2. The molecule has 0 aromatic rings. The molecule has 49 valence electrons. The van der Waals surface area contributed by atoms with Gasteiger partial charge in [-0.25, -0.2) is 0 Å². The first kappa shape index (κ1) is 7.81. The minimum absolute atomic E-state index is 0.306. The zero-order chi connectivity index (χ0) is 7.28. The van der Waals surface area contributed by atoms with Gasteiger partial charge in [0.1, 0.15) is 0 Å². The van der Waals surface area contributed by atoms with E-state index < -0.39 is 4.92 Å². The van der Waals surface area contributed by atoms with Crippen molar-refractivity contribution >= 4 is 6.21 Å². The standard InChI is InChI=1S/C5H7N2O2/c1-2-5(3-6)4-7(8)9/h2-4,6H,1H3. The van der Waals surface area contributed by atoms with Crippen LogP contribution in [0.15, 0.2) is 11.8 Å². The summed E-state index contributed by atoms with van der Waals surface area (Å²) in [6.45, 7) is 1.64. The summed E-state index contributed by atoms with van der Waals surface area (Å²) < 4.78 is 0. The highest BCUT2D eigenvalue weighted by molar-refractivity contribution is 5.77. The van der Waals surface area contributed by atoms with E-state index in [4.69, 9.17) is 5.41 Å². The van der Waals surface area contributed by atoms with Crippen LogP contribution in [0, 0.1) is 21.9 Å². The van der Waals surface area contributed by atoms with Gasteiger partial charge in [-0.2, -0.15) is 0 Å². The molecule has 0 unspecified atom stereocenters. The van der Waals surface area contributed by atoms with Gasteiger partial charge in [-0.3, -0.25) is 10.1 Å². The van der Waals surface area contributed by atoms with Gasteiger partial charge in [-0.15, -0.1) is 0 Å². The van der Waals surface area contributed by atoms with Crippen molar-refractivity contribution in [3.63, 3.8) is 0 Å². The monoisotopic (exact) mass is 127 g/mol. The number of nitro groups is 1. The Hall–Kier alpha value is -1.19. The van der Waals surface area contributed by atoms with Crippen molar-refractivity contribution in [2.45, 2.75) is 6.92 Å². The molecule has 0 aliphatic carbocycles. The van der Waals surface area contributed by atoms with Crippen molar-refractivity contribution in [1.29, 1.82) is 5.41 Å². The molecule has 0 aliphatic rings. The molecule has 4 heteroatoms. The number of allylic oxidation sites excluding steroid dienone is 1. The van der Waals surface area contributed by atoms with Gasteiger partial charge in [0.15, 0.2) is 0 Å². The summed E-state index contributed by atoms with van der Waals surface area (Å²) in [7, 11) is 0. The normalized spacial score (nSPS) is 11.0. The fraction of sp³-hybridized carbons (Fsp3) is 0.200. The fourth-order valence-corrected chi connectivity index (χ4v) is 0.317. The third-order valence-corrected chi connectivity index (χ3v) is 0.754. The van der Waals surface area contributed by atoms with Crippen molar-refractivity contribution in [3.05, 3.63) is 28.3 Å². The Bertz CT molecular complexity index is 151. The lowest BCUT2D eigenvalue weighted by Crippen LogP contribution is -1.90. The smallest absolute Gasteiger partial charge is 0.239 e. The van der Waals surface area contributed by atoms with Gasteiger partial charge in [-0.05, 0) is 6.42 Å². The summed E-state index contributed by atoms with van der Waals surface area (Å²) in [5, 5.41) is 16.4. The lowest BCUT2D eigenvalue weighted by molar-refractivity contribution is -0.402. The van der Waals surface area contributed by atoms with E-state index in [1.807, 2.05) is 0 Å². The molecule has 0 spiro atoms. The maximum absolute atomic E-state index is 9.73. The average Bonchev–Trinajstić information content (AvgIpc) is 1.82. The van der Waals surface area contributed by atoms with Gasteiger partial charge in [0.25, 0.3) is 0 Å². The first-order valence-electron chi connectivity index (χ1n) is 2.36. The molecular formula is C5H7N2O2. The molecular weight excluding hydrogens is 120 g/mol. The molecule has 0 aromatic heterocycles. The summed E-state index contributed by atoms with van der Waals surface area (Å²) >= 11 is 0. The van der Waals surface area contributed by atoms with Crippen LogP contribution < -0.4 is 0 Å². The summed E-state index contributed by atoms with van der Waals surface area (Å²) in [6, 6.07) is 0. The van der Waals surface area contributed by atoms with E-state index in [0.717, 1.165) is 12.4 Å². The molecule has 1 N–H and O–H groups in total. The highest BCUT2D eigenvalue weighted by Gasteiger charge is 1.93. The van der Waals surface area contributed by atoms with Crippen LogP contribution in [0.25, 0.3) is 0 Å². The first-order chi connectivity index (χ1) is 4.20. The number of nitrogens with one attached hydrogen (secondary N) is 1. The van der Waals surface area contributed by atoms with Crippen LogP contribution in [0.3, 0.4) is 0 Å². The van der Waals surface area contributed by atoms with Gasteiger partial charge in [0.2, 0.25) is 6.20 Å². The molecule has 0 heterocycles. The number of hydrogen-bond acceptors (Lipinski definition) is 3. The van der Waals surface area contributed by atoms with Crippen molar-refractivity contribution in [3.8, 4) is 0 Å². The average molecular weight is 127 g/mol. The second-order valence-corrected chi connectivity index (χ2v) is 1.35. The third kappa shape index (κ3) is 3.40. The SMILES string of the molecule is C[CH]C(C=N)=C[N+](=O)[O-]. The van der Waals surface area contributed by atoms with E-state index in [0.29, 0.717) is 5.57 Å². The Morgan fingerprint density at radius 2 is 2.33 bits per heavy atom. The highest BCUT2D eigenvalue weighted by atomic mass is 16.6. The summed E-state index contributed by atoms with van der Waals surface area (Å²) in [6.07, 6.45) is 3.21. The zero-order valence-corrected chi connectivity index (χ0v) is 5.00. The molecule has 0 rings (SSSR count).